The van der Waals surface area contributed by atoms with Gasteiger partial charge in [-0.1, -0.05) is 29.6 Å². The van der Waals surface area contributed by atoms with Crippen LogP contribution in [0.1, 0.15) is 25.7 Å². The molecule has 0 aromatic heterocycles. The summed E-state index contributed by atoms with van der Waals surface area (Å²) in [5, 5.41) is 9.30. The van der Waals surface area contributed by atoms with Crippen molar-refractivity contribution in [1.29, 1.82) is 0 Å². The van der Waals surface area contributed by atoms with E-state index < -0.39 is 10.0 Å². The molecule has 1 aromatic rings. The van der Waals surface area contributed by atoms with Crippen molar-refractivity contribution >= 4 is 38.9 Å². The van der Waals surface area contributed by atoms with E-state index in [0.717, 1.165) is 19.3 Å². The van der Waals surface area contributed by atoms with Gasteiger partial charge in [0, 0.05) is 19.2 Å². The molecule has 0 amide bonds. The second-order valence-electron chi connectivity index (χ2n) is 5.05. The number of rotatable bonds is 4. The highest BCUT2D eigenvalue weighted by Gasteiger charge is 2.34. The van der Waals surface area contributed by atoms with Crippen LogP contribution in [-0.2, 0) is 10.0 Å². The summed E-state index contributed by atoms with van der Waals surface area (Å²) in [6, 6.07) is 2.60. The average molecular weight is 353 g/mol. The molecular weight excluding hydrogens is 335 g/mol. The highest BCUT2D eigenvalue weighted by molar-refractivity contribution is 7.89. The van der Waals surface area contributed by atoms with Crippen LogP contribution in [0.25, 0.3) is 0 Å². The van der Waals surface area contributed by atoms with Crippen molar-refractivity contribution in [3.63, 3.8) is 0 Å². The molecule has 0 saturated carbocycles. The van der Waals surface area contributed by atoms with Gasteiger partial charge in [0.25, 0.3) is 0 Å². The van der Waals surface area contributed by atoms with Gasteiger partial charge in [-0.3, -0.25) is 0 Å². The molecule has 2 rings (SSSR count). The van der Waals surface area contributed by atoms with E-state index in [1.54, 1.807) is 0 Å². The number of aliphatic hydroxyl groups excluding tert-OH is 1. The van der Waals surface area contributed by atoms with Crippen LogP contribution >= 0.6 is 23.2 Å². The van der Waals surface area contributed by atoms with Crippen LogP contribution in [-0.4, -0.2) is 37.0 Å². The summed E-state index contributed by atoms with van der Waals surface area (Å²) in [6.45, 7) is 0.374. The van der Waals surface area contributed by atoms with Crippen LogP contribution in [0.4, 0.5) is 5.69 Å². The van der Waals surface area contributed by atoms with Gasteiger partial charge < -0.3 is 10.8 Å². The zero-order valence-electron chi connectivity index (χ0n) is 11.4. The number of nitrogens with zero attached hydrogens (tertiary/aromatic N) is 1. The zero-order valence-corrected chi connectivity index (χ0v) is 13.8. The van der Waals surface area contributed by atoms with Crippen molar-refractivity contribution in [2.45, 2.75) is 36.6 Å². The quantitative estimate of drug-likeness (QED) is 0.815. The van der Waals surface area contributed by atoms with E-state index in [-0.39, 0.29) is 33.3 Å². The van der Waals surface area contributed by atoms with Crippen LogP contribution in [0.5, 0.6) is 0 Å². The predicted molar refractivity (Wildman–Crippen MR) is 84.1 cm³/mol. The fourth-order valence-electron chi connectivity index (χ4n) is 2.60. The highest BCUT2D eigenvalue weighted by Crippen LogP contribution is 2.36. The number of nitrogen functional groups attached to an aromatic ring is 1. The lowest BCUT2D eigenvalue weighted by molar-refractivity contribution is 0.192. The second kappa shape index (κ2) is 6.71. The molecule has 3 N–H and O–H groups in total. The Morgan fingerprint density at radius 3 is 2.71 bits per heavy atom. The molecule has 1 heterocycles. The maximum absolute atomic E-state index is 12.8. The molecule has 1 fully saturated rings. The standard InChI is InChI=1S/C13H18Cl2N2O3S/c14-10-4-5-11(12(15)13(10)16)21(19,20)17-7-2-1-3-9(17)6-8-18/h4-5,9,18H,1-3,6-8,16H2. The Hall–Kier alpha value is -0.530. The zero-order chi connectivity index (χ0) is 15.6. The molecule has 1 aliphatic rings. The first-order chi connectivity index (χ1) is 9.89. The summed E-state index contributed by atoms with van der Waals surface area (Å²) in [5.41, 5.74) is 5.78. The Balaban J connectivity index is 2.43. The van der Waals surface area contributed by atoms with E-state index in [9.17, 15) is 8.42 Å². The summed E-state index contributed by atoms with van der Waals surface area (Å²) in [7, 11) is -3.75. The number of sulfonamides is 1. The molecule has 118 valence electrons. The number of halogens is 2. The third-order valence-corrected chi connectivity index (χ3v) is 6.56. The van der Waals surface area contributed by atoms with Crippen LogP contribution in [0, 0.1) is 0 Å². The third kappa shape index (κ3) is 3.29. The molecule has 1 saturated heterocycles. The third-order valence-electron chi connectivity index (χ3n) is 3.71. The smallest absolute Gasteiger partial charge is 0.244 e. The Morgan fingerprint density at radius 1 is 1.33 bits per heavy atom. The van der Waals surface area contributed by atoms with Crippen LogP contribution in [0.2, 0.25) is 10.0 Å². The summed E-state index contributed by atoms with van der Waals surface area (Å²) in [4.78, 5) is -0.0316. The van der Waals surface area contributed by atoms with E-state index in [4.69, 9.17) is 34.0 Å². The molecule has 0 bridgehead atoms. The molecule has 21 heavy (non-hydrogen) atoms. The number of benzene rings is 1. The minimum atomic E-state index is -3.75. The highest BCUT2D eigenvalue weighted by atomic mass is 35.5. The molecule has 5 nitrogen and oxygen atoms in total. The molecular formula is C13H18Cl2N2O3S. The number of anilines is 1. The summed E-state index contributed by atoms with van der Waals surface area (Å²) in [6.07, 6.45) is 2.90. The van der Waals surface area contributed by atoms with Crippen molar-refractivity contribution in [2.75, 3.05) is 18.9 Å². The van der Waals surface area contributed by atoms with Crippen molar-refractivity contribution in [3.8, 4) is 0 Å². The SMILES string of the molecule is Nc1c(Cl)ccc(S(=O)(=O)N2CCCCC2CCO)c1Cl. The van der Waals surface area contributed by atoms with Crippen molar-refractivity contribution < 1.29 is 13.5 Å². The first-order valence-corrected chi connectivity index (χ1v) is 8.95. The van der Waals surface area contributed by atoms with Gasteiger partial charge in [-0.15, -0.1) is 0 Å². The van der Waals surface area contributed by atoms with Crippen LogP contribution in [0.3, 0.4) is 0 Å². The van der Waals surface area contributed by atoms with Crippen molar-refractivity contribution in [2.24, 2.45) is 0 Å². The lowest BCUT2D eigenvalue weighted by atomic mass is 10.0. The van der Waals surface area contributed by atoms with E-state index in [1.807, 2.05) is 0 Å². The van der Waals surface area contributed by atoms with Crippen molar-refractivity contribution in [1.82, 2.24) is 4.31 Å². The summed E-state index contributed by atoms with van der Waals surface area (Å²) in [5.74, 6) is 0. The summed E-state index contributed by atoms with van der Waals surface area (Å²) >= 11 is 11.9. The number of nitrogens with two attached hydrogens (primary N) is 1. The maximum atomic E-state index is 12.8. The van der Waals surface area contributed by atoms with E-state index in [0.29, 0.717) is 13.0 Å². The van der Waals surface area contributed by atoms with Gasteiger partial charge in [0.2, 0.25) is 10.0 Å². The number of hydrogen-bond donors (Lipinski definition) is 2. The van der Waals surface area contributed by atoms with Gasteiger partial charge in [0.15, 0.2) is 0 Å². The maximum Gasteiger partial charge on any atom is 0.244 e. The molecule has 1 aliphatic heterocycles. The van der Waals surface area contributed by atoms with Gasteiger partial charge in [-0.2, -0.15) is 4.31 Å². The molecule has 0 spiro atoms. The Bertz CT molecular complexity index is 620. The Morgan fingerprint density at radius 2 is 2.05 bits per heavy atom. The normalized spacial score (nSPS) is 20.6. The lowest BCUT2D eigenvalue weighted by Crippen LogP contribution is -2.44. The molecule has 8 heteroatoms. The largest absolute Gasteiger partial charge is 0.396 e. The fourth-order valence-corrected chi connectivity index (χ4v) is 5.07. The second-order valence-corrected chi connectivity index (χ2v) is 7.69. The first-order valence-electron chi connectivity index (χ1n) is 6.75. The molecule has 0 aliphatic carbocycles. The number of hydrogen-bond acceptors (Lipinski definition) is 4. The fraction of sp³-hybridized carbons (Fsp3) is 0.538. The number of aliphatic hydroxyl groups is 1. The van der Waals surface area contributed by atoms with Gasteiger partial charge >= 0.3 is 0 Å². The van der Waals surface area contributed by atoms with E-state index >= 15 is 0 Å². The minimum Gasteiger partial charge on any atom is -0.396 e. The van der Waals surface area contributed by atoms with E-state index in [1.165, 1.54) is 16.4 Å². The molecule has 1 atom stereocenters. The van der Waals surface area contributed by atoms with Crippen LogP contribution < -0.4 is 5.73 Å². The lowest BCUT2D eigenvalue weighted by Gasteiger charge is -2.34. The minimum absolute atomic E-state index is 0.0316. The number of piperidine rings is 1. The van der Waals surface area contributed by atoms with Crippen LogP contribution in [0.15, 0.2) is 17.0 Å². The van der Waals surface area contributed by atoms with Crippen molar-refractivity contribution in [3.05, 3.63) is 22.2 Å². The molecule has 1 unspecified atom stereocenters. The average Bonchev–Trinajstić information content (AvgIpc) is 2.45. The van der Waals surface area contributed by atoms with E-state index in [2.05, 4.69) is 0 Å². The monoisotopic (exact) mass is 352 g/mol. The van der Waals surface area contributed by atoms with Gasteiger partial charge in [-0.25, -0.2) is 8.42 Å². The molecule has 0 radical (unpaired) electrons. The van der Waals surface area contributed by atoms with Gasteiger partial charge in [0.05, 0.1) is 15.7 Å². The molecule has 1 aromatic carbocycles. The summed E-state index contributed by atoms with van der Waals surface area (Å²) < 4.78 is 27.1. The van der Waals surface area contributed by atoms with Gasteiger partial charge in [-0.05, 0) is 31.4 Å². The first kappa shape index (κ1) is 16.8. The Kier molecular flexibility index (Phi) is 5.38. The Labute approximate surface area is 134 Å². The predicted octanol–water partition coefficient (Wildman–Crippen LogP) is 2.50. The van der Waals surface area contributed by atoms with Gasteiger partial charge in [0.1, 0.15) is 4.90 Å². The topological polar surface area (TPSA) is 83.6 Å².